The molecule has 2 N–H and O–H groups in total. The molecule has 9 heteroatoms. The summed E-state index contributed by atoms with van der Waals surface area (Å²) >= 11 is 6.35. The third-order valence-electron chi connectivity index (χ3n) is 6.53. The van der Waals surface area contributed by atoms with Crippen LogP contribution in [0.15, 0.2) is 36.4 Å². The van der Waals surface area contributed by atoms with E-state index in [1.54, 1.807) is 43.4 Å². The van der Waals surface area contributed by atoms with Crippen LogP contribution < -0.4 is 23.8 Å². The summed E-state index contributed by atoms with van der Waals surface area (Å²) in [6.07, 6.45) is 0. The molecular weight excluding hydrogens is 472 g/mol. The molecule has 0 saturated carbocycles. The Bertz CT molecular complexity index is 1460. The van der Waals surface area contributed by atoms with Crippen molar-refractivity contribution >= 4 is 44.9 Å². The van der Waals surface area contributed by atoms with Gasteiger partial charge >= 0.3 is 0 Å². The van der Waals surface area contributed by atoms with Gasteiger partial charge in [0.25, 0.3) is 5.91 Å². The Morgan fingerprint density at radius 1 is 1.03 bits per heavy atom. The summed E-state index contributed by atoms with van der Waals surface area (Å²) in [5.41, 5.74) is 2.52. The molecule has 0 aliphatic carbocycles. The van der Waals surface area contributed by atoms with Gasteiger partial charge in [-0.1, -0.05) is 0 Å². The number of carbonyl (C=O) groups is 1. The molecule has 0 radical (unpaired) electrons. The number of carbonyl (C=O) groups excluding carboxylic acids is 1. The number of halogens is 1. The van der Waals surface area contributed by atoms with Crippen LogP contribution in [0.5, 0.6) is 28.7 Å². The zero-order chi connectivity index (χ0) is 24.9. The maximum Gasteiger partial charge on any atom is 0.274 e. The number of alkyl halides is 1. The Kier molecular flexibility index (Phi) is 5.76. The first kappa shape index (κ1) is 23.0. The second kappa shape index (κ2) is 8.78. The third kappa shape index (κ3) is 3.47. The minimum atomic E-state index is -0.253. The number of nitrogens with zero attached hydrogens (tertiary/aromatic N) is 1. The van der Waals surface area contributed by atoms with Gasteiger partial charge in [-0.2, -0.15) is 0 Å². The number of aromatic nitrogens is 1. The van der Waals surface area contributed by atoms with Crippen LogP contribution in [0.2, 0.25) is 0 Å². The summed E-state index contributed by atoms with van der Waals surface area (Å²) in [4.78, 5) is 18.6. The molecule has 1 atom stereocenters. The molecule has 0 spiro atoms. The molecule has 5 rings (SSSR count). The van der Waals surface area contributed by atoms with Gasteiger partial charge < -0.3 is 33.9 Å². The lowest BCUT2D eigenvalue weighted by atomic mass is 9.95. The monoisotopic (exact) mass is 496 g/mol. The van der Waals surface area contributed by atoms with Crippen LogP contribution in [-0.2, 0) is 0 Å². The van der Waals surface area contributed by atoms with Crippen LogP contribution in [0.1, 0.15) is 22.0 Å². The standard InChI is InChI=1S/C26H25ClN2O6/c1-32-15-5-6-16-17(9-15)22-14(11-27)12-29(19(22)10-20(16)30)26(31)18-7-13-8-21(33-2)24(34-3)25(35-4)23(13)28-18/h5-10,14,28,30H,11-12H2,1-4H3. The van der Waals surface area contributed by atoms with E-state index in [0.29, 0.717) is 57.7 Å². The number of aromatic hydroxyl groups is 1. The van der Waals surface area contributed by atoms with Gasteiger partial charge in [0.15, 0.2) is 11.5 Å². The fourth-order valence-electron chi connectivity index (χ4n) is 4.90. The van der Waals surface area contributed by atoms with Gasteiger partial charge in [-0.3, -0.25) is 4.79 Å². The van der Waals surface area contributed by atoms with Gasteiger partial charge in [-0.15, -0.1) is 11.6 Å². The lowest BCUT2D eigenvalue weighted by Gasteiger charge is -2.18. The van der Waals surface area contributed by atoms with Crippen LogP contribution in [0.25, 0.3) is 21.7 Å². The van der Waals surface area contributed by atoms with Crippen molar-refractivity contribution in [1.29, 1.82) is 0 Å². The lowest BCUT2D eigenvalue weighted by Crippen LogP contribution is -2.30. The number of aromatic amines is 1. The highest BCUT2D eigenvalue weighted by atomic mass is 35.5. The maximum absolute atomic E-state index is 13.8. The fraction of sp³-hybridized carbons (Fsp3) is 0.269. The molecule has 3 aromatic carbocycles. The highest BCUT2D eigenvalue weighted by Gasteiger charge is 2.36. The molecule has 8 nitrogen and oxygen atoms in total. The summed E-state index contributed by atoms with van der Waals surface area (Å²) in [5.74, 6) is 2.08. The Morgan fingerprint density at radius 2 is 1.80 bits per heavy atom. The molecule has 0 fully saturated rings. The molecule has 35 heavy (non-hydrogen) atoms. The average Bonchev–Trinajstić information content (AvgIpc) is 3.48. The first-order chi connectivity index (χ1) is 16.9. The largest absolute Gasteiger partial charge is 0.507 e. The quantitative estimate of drug-likeness (QED) is 0.363. The molecule has 1 unspecified atom stereocenters. The van der Waals surface area contributed by atoms with E-state index in [0.717, 1.165) is 16.3 Å². The van der Waals surface area contributed by atoms with Gasteiger partial charge in [-0.05, 0) is 41.3 Å². The smallest absolute Gasteiger partial charge is 0.274 e. The van der Waals surface area contributed by atoms with Crippen LogP contribution in [0.3, 0.4) is 0 Å². The van der Waals surface area contributed by atoms with E-state index in [1.807, 2.05) is 12.1 Å². The zero-order valence-corrected chi connectivity index (χ0v) is 20.5. The Morgan fingerprint density at radius 3 is 2.46 bits per heavy atom. The van der Waals surface area contributed by atoms with Crippen LogP contribution in [0, 0.1) is 0 Å². The molecule has 2 heterocycles. The number of phenols is 1. The van der Waals surface area contributed by atoms with Crippen molar-refractivity contribution in [3.05, 3.63) is 47.7 Å². The molecule has 4 aromatic rings. The fourth-order valence-corrected chi connectivity index (χ4v) is 5.16. The normalized spacial score (nSPS) is 14.9. The number of phenolic OH excluding ortho intramolecular Hbond substituents is 1. The number of benzene rings is 3. The van der Waals surface area contributed by atoms with Crippen molar-refractivity contribution in [3.8, 4) is 28.7 Å². The molecule has 1 amide bonds. The van der Waals surface area contributed by atoms with Gasteiger partial charge in [0.1, 0.15) is 17.2 Å². The molecule has 182 valence electrons. The Hall–Kier alpha value is -3.78. The number of hydrogen-bond acceptors (Lipinski definition) is 6. The van der Waals surface area contributed by atoms with E-state index in [2.05, 4.69) is 4.98 Å². The molecule has 1 aromatic heterocycles. The average molecular weight is 497 g/mol. The first-order valence-corrected chi connectivity index (χ1v) is 11.5. The Balaban J connectivity index is 1.65. The predicted molar refractivity (Wildman–Crippen MR) is 135 cm³/mol. The van der Waals surface area contributed by atoms with Crippen molar-refractivity contribution in [1.82, 2.24) is 4.98 Å². The van der Waals surface area contributed by atoms with E-state index in [-0.39, 0.29) is 17.6 Å². The minimum absolute atomic E-state index is 0.0854. The van der Waals surface area contributed by atoms with E-state index < -0.39 is 0 Å². The summed E-state index contributed by atoms with van der Waals surface area (Å²) in [6, 6.07) is 10.6. The maximum atomic E-state index is 13.8. The van der Waals surface area contributed by atoms with Crippen LogP contribution in [0.4, 0.5) is 5.69 Å². The number of methoxy groups -OCH3 is 4. The van der Waals surface area contributed by atoms with E-state index >= 15 is 0 Å². The summed E-state index contributed by atoms with van der Waals surface area (Å²) < 4.78 is 21.9. The van der Waals surface area contributed by atoms with Gasteiger partial charge in [0.2, 0.25) is 5.75 Å². The Labute approximate surface area is 206 Å². The van der Waals surface area contributed by atoms with Crippen LogP contribution in [-0.4, -0.2) is 56.9 Å². The minimum Gasteiger partial charge on any atom is -0.507 e. The van der Waals surface area contributed by atoms with Crippen molar-refractivity contribution in [2.45, 2.75) is 5.92 Å². The van der Waals surface area contributed by atoms with Crippen molar-refractivity contribution in [3.63, 3.8) is 0 Å². The molecular formula is C26H25ClN2O6. The number of hydrogen-bond donors (Lipinski definition) is 2. The van der Waals surface area contributed by atoms with Crippen LogP contribution >= 0.6 is 11.6 Å². The lowest BCUT2D eigenvalue weighted by molar-refractivity contribution is 0.0984. The van der Waals surface area contributed by atoms with E-state index in [4.69, 9.17) is 30.5 Å². The number of anilines is 1. The zero-order valence-electron chi connectivity index (χ0n) is 19.8. The number of fused-ring (bicyclic) bond motifs is 4. The third-order valence-corrected chi connectivity index (χ3v) is 6.90. The predicted octanol–water partition coefficient (Wildman–Crippen LogP) is 5.04. The summed E-state index contributed by atoms with van der Waals surface area (Å²) in [5, 5.41) is 13.0. The molecule has 0 saturated heterocycles. The second-order valence-corrected chi connectivity index (χ2v) is 8.61. The number of ether oxygens (including phenoxy) is 4. The SMILES string of the molecule is COc1ccc2c(O)cc3c(c2c1)C(CCl)CN3C(=O)c1cc2cc(OC)c(OC)c(OC)c2[nH]1. The van der Waals surface area contributed by atoms with Gasteiger partial charge in [0, 0.05) is 35.2 Å². The summed E-state index contributed by atoms with van der Waals surface area (Å²) in [6.45, 7) is 0.382. The number of nitrogens with one attached hydrogen (secondary N) is 1. The highest BCUT2D eigenvalue weighted by Crippen LogP contribution is 2.47. The van der Waals surface area contributed by atoms with Crippen molar-refractivity contribution in [2.75, 3.05) is 45.8 Å². The number of amides is 1. The summed E-state index contributed by atoms with van der Waals surface area (Å²) in [7, 11) is 6.19. The van der Waals surface area contributed by atoms with E-state index in [9.17, 15) is 9.90 Å². The van der Waals surface area contributed by atoms with Crippen molar-refractivity contribution < 1.29 is 28.8 Å². The second-order valence-electron chi connectivity index (χ2n) is 8.30. The number of rotatable bonds is 6. The molecule has 1 aliphatic heterocycles. The van der Waals surface area contributed by atoms with E-state index in [1.165, 1.54) is 14.2 Å². The first-order valence-electron chi connectivity index (χ1n) is 11.0. The van der Waals surface area contributed by atoms with Crippen molar-refractivity contribution in [2.24, 2.45) is 0 Å². The molecule has 1 aliphatic rings. The highest BCUT2D eigenvalue weighted by molar-refractivity contribution is 6.19. The number of H-pyrrole nitrogens is 1. The van der Waals surface area contributed by atoms with Gasteiger partial charge in [-0.25, -0.2) is 0 Å². The molecule has 0 bridgehead atoms. The van der Waals surface area contributed by atoms with Gasteiger partial charge in [0.05, 0.1) is 39.6 Å². The topological polar surface area (TPSA) is 93.2 Å².